The Kier molecular flexibility index (Phi) is 3.94. The lowest BCUT2D eigenvalue weighted by Gasteiger charge is -2.10. The lowest BCUT2D eigenvalue weighted by molar-refractivity contribution is 0.103. The fraction of sp³-hybridized carbons (Fsp3) is 0.188. The second-order valence-corrected chi connectivity index (χ2v) is 4.69. The Labute approximate surface area is 117 Å². The number of para-hydroxylation sites is 1. The van der Waals surface area contributed by atoms with Crippen LogP contribution in [-0.2, 0) is 0 Å². The zero-order chi connectivity index (χ0) is 14.7. The summed E-state index contributed by atoms with van der Waals surface area (Å²) in [6.45, 7) is 3.84. The Morgan fingerprint density at radius 3 is 2.30 bits per heavy atom. The van der Waals surface area contributed by atoms with E-state index in [9.17, 15) is 15.0 Å². The molecule has 0 amide bonds. The number of phenolic OH excluding ortho intramolecular Hbond substituents is 2. The van der Waals surface area contributed by atoms with Gasteiger partial charge in [0.1, 0.15) is 5.75 Å². The number of benzene rings is 2. The number of hydrogen-bond donors (Lipinski definition) is 2. The first-order chi connectivity index (χ1) is 9.49. The number of hydrogen-bond acceptors (Lipinski definition) is 4. The molecule has 0 spiro atoms. The van der Waals surface area contributed by atoms with E-state index in [4.69, 9.17) is 4.74 Å². The second kappa shape index (κ2) is 5.65. The van der Waals surface area contributed by atoms with Crippen molar-refractivity contribution < 1.29 is 19.7 Å². The average molecular weight is 272 g/mol. The molecule has 2 rings (SSSR count). The molecule has 0 bridgehead atoms. The van der Waals surface area contributed by atoms with Gasteiger partial charge in [-0.25, -0.2) is 0 Å². The fourth-order valence-corrected chi connectivity index (χ4v) is 1.83. The molecule has 4 heteroatoms. The molecule has 0 aliphatic heterocycles. The maximum atomic E-state index is 12.2. The molecule has 0 aliphatic carbocycles. The topological polar surface area (TPSA) is 66.8 Å². The van der Waals surface area contributed by atoms with Gasteiger partial charge in [-0.2, -0.15) is 0 Å². The molecule has 0 saturated carbocycles. The molecule has 0 radical (unpaired) electrons. The van der Waals surface area contributed by atoms with E-state index < -0.39 is 5.75 Å². The summed E-state index contributed by atoms with van der Waals surface area (Å²) in [5, 5.41) is 19.1. The first-order valence-electron chi connectivity index (χ1n) is 6.31. The van der Waals surface area contributed by atoms with Gasteiger partial charge in [-0.05, 0) is 50.2 Å². The smallest absolute Gasteiger partial charge is 0.196 e. The van der Waals surface area contributed by atoms with Crippen molar-refractivity contribution in [3.63, 3.8) is 0 Å². The SMILES string of the molecule is CC(C)Oc1ccc(C(=O)c2cccc(O)c2O)cc1. The van der Waals surface area contributed by atoms with Crippen molar-refractivity contribution in [3.8, 4) is 17.2 Å². The summed E-state index contributed by atoms with van der Waals surface area (Å²) in [5.74, 6) is -0.387. The number of phenols is 2. The van der Waals surface area contributed by atoms with Gasteiger partial charge in [-0.15, -0.1) is 0 Å². The average Bonchev–Trinajstić information content (AvgIpc) is 2.41. The maximum absolute atomic E-state index is 12.2. The highest BCUT2D eigenvalue weighted by atomic mass is 16.5. The Balaban J connectivity index is 2.27. The van der Waals surface area contributed by atoms with Crippen LogP contribution in [0.1, 0.15) is 29.8 Å². The molecule has 0 fully saturated rings. The van der Waals surface area contributed by atoms with Crippen molar-refractivity contribution in [2.45, 2.75) is 20.0 Å². The van der Waals surface area contributed by atoms with Crippen LogP contribution in [0.25, 0.3) is 0 Å². The summed E-state index contributed by atoms with van der Waals surface area (Å²) < 4.78 is 5.50. The van der Waals surface area contributed by atoms with Crippen LogP contribution >= 0.6 is 0 Å². The second-order valence-electron chi connectivity index (χ2n) is 4.69. The minimum absolute atomic E-state index is 0.0617. The Morgan fingerprint density at radius 1 is 1.05 bits per heavy atom. The molecule has 4 nitrogen and oxygen atoms in total. The van der Waals surface area contributed by atoms with Crippen molar-refractivity contribution >= 4 is 5.78 Å². The van der Waals surface area contributed by atoms with E-state index >= 15 is 0 Å². The minimum atomic E-state index is -0.403. The maximum Gasteiger partial charge on any atom is 0.196 e. The summed E-state index contributed by atoms with van der Waals surface area (Å²) in [5.41, 5.74) is 0.490. The van der Waals surface area contributed by atoms with Crippen molar-refractivity contribution in [2.24, 2.45) is 0 Å². The van der Waals surface area contributed by atoms with Crippen LogP contribution in [0.15, 0.2) is 42.5 Å². The normalized spacial score (nSPS) is 10.6. The zero-order valence-corrected chi connectivity index (χ0v) is 11.3. The third-order valence-electron chi connectivity index (χ3n) is 2.75. The number of carbonyl (C=O) groups is 1. The molecule has 2 aromatic carbocycles. The quantitative estimate of drug-likeness (QED) is 0.663. The first kappa shape index (κ1) is 13.9. The highest BCUT2D eigenvalue weighted by molar-refractivity contribution is 6.11. The van der Waals surface area contributed by atoms with Gasteiger partial charge in [0.05, 0.1) is 11.7 Å². The molecular weight excluding hydrogens is 256 g/mol. The molecule has 20 heavy (non-hydrogen) atoms. The molecule has 104 valence electrons. The largest absolute Gasteiger partial charge is 0.504 e. The van der Waals surface area contributed by atoms with E-state index in [-0.39, 0.29) is 23.2 Å². The van der Waals surface area contributed by atoms with Crippen molar-refractivity contribution in [2.75, 3.05) is 0 Å². The number of carbonyl (C=O) groups excluding carboxylic acids is 1. The van der Waals surface area contributed by atoms with Crippen LogP contribution in [0, 0.1) is 0 Å². The summed E-state index contributed by atoms with van der Waals surface area (Å²) in [7, 11) is 0. The van der Waals surface area contributed by atoms with Crippen LogP contribution in [0.2, 0.25) is 0 Å². The predicted octanol–water partition coefficient (Wildman–Crippen LogP) is 3.12. The van der Waals surface area contributed by atoms with Crippen LogP contribution < -0.4 is 4.74 Å². The first-order valence-corrected chi connectivity index (χ1v) is 6.31. The minimum Gasteiger partial charge on any atom is -0.504 e. The van der Waals surface area contributed by atoms with Crippen LogP contribution in [0.5, 0.6) is 17.2 Å². The lowest BCUT2D eigenvalue weighted by Crippen LogP contribution is -2.06. The number of ketones is 1. The van der Waals surface area contributed by atoms with Crippen LogP contribution in [0.4, 0.5) is 0 Å². The van der Waals surface area contributed by atoms with Gasteiger partial charge in [-0.1, -0.05) is 6.07 Å². The molecule has 2 N–H and O–H groups in total. The predicted molar refractivity (Wildman–Crippen MR) is 75.4 cm³/mol. The van der Waals surface area contributed by atoms with Gasteiger partial charge in [-0.3, -0.25) is 4.79 Å². The zero-order valence-electron chi connectivity index (χ0n) is 11.3. The molecule has 0 unspecified atom stereocenters. The van der Waals surface area contributed by atoms with Crippen molar-refractivity contribution in [3.05, 3.63) is 53.6 Å². The van der Waals surface area contributed by atoms with E-state index in [2.05, 4.69) is 0 Å². The molecule has 0 heterocycles. The standard InChI is InChI=1S/C16H16O4/c1-10(2)20-12-8-6-11(7-9-12)15(18)13-4-3-5-14(17)16(13)19/h3-10,17,19H,1-2H3. The van der Waals surface area contributed by atoms with Crippen LogP contribution in [0.3, 0.4) is 0 Å². The Morgan fingerprint density at radius 2 is 1.70 bits per heavy atom. The monoisotopic (exact) mass is 272 g/mol. The highest BCUT2D eigenvalue weighted by Crippen LogP contribution is 2.30. The van der Waals surface area contributed by atoms with E-state index in [1.165, 1.54) is 18.2 Å². The van der Waals surface area contributed by atoms with Gasteiger partial charge >= 0.3 is 0 Å². The van der Waals surface area contributed by atoms with Gasteiger partial charge in [0.15, 0.2) is 17.3 Å². The molecular formula is C16H16O4. The van der Waals surface area contributed by atoms with E-state index in [1.807, 2.05) is 13.8 Å². The lowest BCUT2D eigenvalue weighted by atomic mass is 10.0. The van der Waals surface area contributed by atoms with Gasteiger partial charge in [0, 0.05) is 5.56 Å². The molecule has 0 aromatic heterocycles. The third-order valence-corrected chi connectivity index (χ3v) is 2.75. The van der Waals surface area contributed by atoms with Crippen molar-refractivity contribution in [1.29, 1.82) is 0 Å². The van der Waals surface area contributed by atoms with Crippen LogP contribution in [-0.4, -0.2) is 22.1 Å². The summed E-state index contributed by atoms with van der Waals surface area (Å²) in [4.78, 5) is 12.2. The van der Waals surface area contributed by atoms with Gasteiger partial charge < -0.3 is 14.9 Å². The highest BCUT2D eigenvalue weighted by Gasteiger charge is 2.15. The molecule has 2 aromatic rings. The number of rotatable bonds is 4. The summed E-state index contributed by atoms with van der Waals surface area (Å²) in [6.07, 6.45) is 0.0617. The Bertz CT molecular complexity index is 615. The van der Waals surface area contributed by atoms with Gasteiger partial charge in [0.25, 0.3) is 0 Å². The Hall–Kier alpha value is -2.49. The van der Waals surface area contributed by atoms with E-state index in [0.717, 1.165) is 0 Å². The van der Waals surface area contributed by atoms with E-state index in [1.54, 1.807) is 24.3 Å². The van der Waals surface area contributed by atoms with E-state index in [0.29, 0.717) is 11.3 Å². The molecule has 0 aliphatic rings. The molecule has 0 atom stereocenters. The van der Waals surface area contributed by atoms with Gasteiger partial charge in [0.2, 0.25) is 0 Å². The number of aromatic hydroxyl groups is 2. The summed E-state index contributed by atoms with van der Waals surface area (Å²) in [6, 6.07) is 11.0. The fourth-order valence-electron chi connectivity index (χ4n) is 1.83. The van der Waals surface area contributed by atoms with Crippen molar-refractivity contribution in [1.82, 2.24) is 0 Å². The third kappa shape index (κ3) is 2.91. The summed E-state index contributed by atoms with van der Waals surface area (Å²) >= 11 is 0. The molecule has 0 saturated heterocycles. The number of ether oxygens (including phenoxy) is 1.